The van der Waals surface area contributed by atoms with Gasteiger partial charge < -0.3 is 20.9 Å². The number of anilines is 3. The van der Waals surface area contributed by atoms with E-state index >= 15 is 0 Å². The Bertz CT molecular complexity index is 774. The Labute approximate surface area is 153 Å². The van der Waals surface area contributed by atoms with Crippen molar-refractivity contribution in [3.8, 4) is 0 Å². The molecule has 1 aliphatic rings. The first-order valence-corrected chi connectivity index (χ1v) is 8.83. The quantitative estimate of drug-likeness (QED) is 0.746. The van der Waals surface area contributed by atoms with E-state index in [4.69, 9.17) is 0 Å². The lowest BCUT2D eigenvalue weighted by Crippen LogP contribution is -2.47. The van der Waals surface area contributed by atoms with Crippen LogP contribution in [0.1, 0.15) is 12.0 Å². The number of piperazine rings is 1. The highest BCUT2D eigenvalue weighted by Gasteiger charge is 2.16. The molecule has 1 aliphatic heterocycles. The Balaban J connectivity index is 1.47. The molecule has 0 aromatic heterocycles. The molecule has 0 saturated carbocycles. The van der Waals surface area contributed by atoms with Gasteiger partial charge in [0.25, 0.3) is 0 Å². The van der Waals surface area contributed by atoms with Crippen LogP contribution in [0, 0.1) is 6.92 Å². The molecular weight excluding hydrogens is 328 g/mol. The van der Waals surface area contributed by atoms with Crippen molar-refractivity contribution in [3.05, 3.63) is 54.1 Å². The van der Waals surface area contributed by atoms with E-state index in [1.165, 1.54) is 0 Å². The number of carbonyl (C=O) groups is 2. The molecule has 1 fully saturated rings. The first kappa shape index (κ1) is 17.8. The second-order valence-electron chi connectivity index (χ2n) is 6.36. The van der Waals surface area contributed by atoms with Gasteiger partial charge in [-0.1, -0.05) is 18.2 Å². The van der Waals surface area contributed by atoms with Crippen molar-refractivity contribution in [2.24, 2.45) is 0 Å². The summed E-state index contributed by atoms with van der Waals surface area (Å²) in [5.41, 5.74) is 3.96. The third kappa shape index (κ3) is 4.75. The number of aryl methyl sites for hydroxylation is 1. The SMILES string of the molecule is Cc1ccccc1NCCC(=O)Nc1ccc(N2CCNC(=O)C2)cc1. The Morgan fingerprint density at radius 3 is 2.65 bits per heavy atom. The second kappa shape index (κ2) is 8.38. The van der Waals surface area contributed by atoms with Crippen LogP contribution in [0.2, 0.25) is 0 Å². The molecule has 3 rings (SSSR count). The third-order valence-corrected chi connectivity index (χ3v) is 4.37. The molecule has 6 nitrogen and oxygen atoms in total. The summed E-state index contributed by atoms with van der Waals surface area (Å²) >= 11 is 0. The van der Waals surface area contributed by atoms with Crippen molar-refractivity contribution >= 4 is 28.9 Å². The van der Waals surface area contributed by atoms with E-state index in [1.807, 2.05) is 60.4 Å². The summed E-state index contributed by atoms with van der Waals surface area (Å²) in [6, 6.07) is 15.6. The molecule has 2 aromatic carbocycles. The van der Waals surface area contributed by atoms with Gasteiger partial charge in [0.1, 0.15) is 0 Å². The van der Waals surface area contributed by atoms with Gasteiger partial charge in [-0.15, -0.1) is 0 Å². The molecule has 26 heavy (non-hydrogen) atoms. The van der Waals surface area contributed by atoms with Crippen LogP contribution in [0.25, 0.3) is 0 Å². The number of rotatable bonds is 6. The average molecular weight is 352 g/mol. The molecule has 0 atom stereocenters. The number of hydrogen-bond acceptors (Lipinski definition) is 4. The van der Waals surface area contributed by atoms with Crippen molar-refractivity contribution in [2.75, 3.05) is 41.7 Å². The zero-order valence-corrected chi connectivity index (χ0v) is 14.9. The molecular formula is C20H24N4O2. The summed E-state index contributed by atoms with van der Waals surface area (Å²) in [6.45, 7) is 4.44. The Hall–Kier alpha value is -3.02. The zero-order valence-electron chi connectivity index (χ0n) is 14.9. The van der Waals surface area contributed by atoms with Gasteiger partial charge in [-0.2, -0.15) is 0 Å². The Kier molecular flexibility index (Phi) is 5.73. The average Bonchev–Trinajstić information content (AvgIpc) is 2.64. The zero-order chi connectivity index (χ0) is 18.4. The molecule has 0 unspecified atom stereocenters. The molecule has 2 amide bonds. The van der Waals surface area contributed by atoms with Crippen LogP contribution in [0.3, 0.4) is 0 Å². The van der Waals surface area contributed by atoms with Gasteiger partial charge >= 0.3 is 0 Å². The Morgan fingerprint density at radius 2 is 1.92 bits per heavy atom. The molecule has 6 heteroatoms. The number of benzene rings is 2. The van der Waals surface area contributed by atoms with E-state index < -0.39 is 0 Å². The van der Waals surface area contributed by atoms with E-state index in [0.717, 1.165) is 29.2 Å². The summed E-state index contributed by atoms with van der Waals surface area (Å²) in [6.07, 6.45) is 0.391. The van der Waals surface area contributed by atoms with E-state index in [1.54, 1.807) is 0 Å². The van der Waals surface area contributed by atoms with Crippen LogP contribution in [0.5, 0.6) is 0 Å². The maximum absolute atomic E-state index is 12.1. The monoisotopic (exact) mass is 352 g/mol. The van der Waals surface area contributed by atoms with Gasteiger partial charge in [0.05, 0.1) is 6.54 Å². The topological polar surface area (TPSA) is 73.5 Å². The van der Waals surface area contributed by atoms with E-state index in [9.17, 15) is 9.59 Å². The summed E-state index contributed by atoms with van der Waals surface area (Å²) in [5, 5.41) is 9.00. The molecule has 136 valence electrons. The highest BCUT2D eigenvalue weighted by Crippen LogP contribution is 2.19. The van der Waals surface area contributed by atoms with Crippen molar-refractivity contribution in [1.29, 1.82) is 0 Å². The van der Waals surface area contributed by atoms with E-state index in [2.05, 4.69) is 16.0 Å². The fourth-order valence-corrected chi connectivity index (χ4v) is 2.92. The van der Waals surface area contributed by atoms with Gasteiger partial charge in [0.15, 0.2) is 0 Å². The summed E-state index contributed by atoms with van der Waals surface area (Å²) < 4.78 is 0. The summed E-state index contributed by atoms with van der Waals surface area (Å²) in [4.78, 5) is 25.6. The van der Waals surface area contributed by atoms with Gasteiger partial charge in [0, 0.05) is 43.1 Å². The predicted molar refractivity (Wildman–Crippen MR) is 105 cm³/mol. The minimum atomic E-state index is -0.0313. The second-order valence-corrected chi connectivity index (χ2v) is 6.36. The minimum Gasteiger partial charge on any atom is -0.384 e. The van der Waals surface area contributed by atoms with Crippen molar-refractivity contribution in [2.45, 2.75) is 13.3 Å². The van der Waals surface area contributed by atoms with Gasteiger partial charge in [-0.3, -0.25) is 9.59 Å². The van der Waals surface area contributed by atoms with Crippen LogP contribution < -0.4 is 20.9 Å². The first-order chi connectivity index (χ1) is 12.6. The molecule has 0 radical (unpaired) electrons. The minimum absolute atomic E-state index is 0.0313. The van der Waals surface area contributed by atoms with Crippen LogP contribution in [0.4, 0.5) is 17.1 Å². The molecule has 0 bridgehead atoms. The van der Waals surface area contributed by atoms with Gasteiger partial charge in [-0.25, -0.2) is 0 Å². The van der Waals surface area contributed by atoms with Gasteiger partial charge in [0.2, 0.25) is 11.8 Å². The Morgan fingerprint density at radius 1 is 1.15 bits per heavy atom. The number of amides is 2. The lowest BCUT2D eigenvalue weighted by Gasteiger charge is -2.28. The standard InChI is InChI=1S/C20H24N4O2/c1-15-4-2-3-5-18(15)21-11-10-19(25)23-16-6-8-17(9-7-16)24-13-12-22-20(26)14-24/h2-9,21H,10-14H2,1H3,(H,22,26)(H,23,25). The molecule has 2 aromatic rings. The maximum Gasteiger partial charge on any atom is 0.239 e. The predicted octanol–water partition coefficient (Wildman–Crippen LogP) is 2.37. The van der Waals surface area contributed by atoms with Crippen molar-refractivity contribution in [1.82, 2.24) is 5.32 Å². The van der Waals surface area contributed by atoms with Crippen LogP contribution in [0.15, 0.2) is 48.5 Å². The number of nitrogens with one attached hydrogen (secondary N) is 3. The van der Waals surface area contributed by atoms with Gasteiger partial charge in [-0.05, 0) is 42.8 Å². The highest BCUT2D eigenvalue weighted by atomic mass is 16.2. The van der Waals surface area contributed by atoms with Crippen LogP contribution in [-0.4, -0.2) is 38.0 Å². The lowest BCUT2D eigenvalue weighted by atomic mass is 10.2. The summed E-state index contributed by atoms with van der Waals surface area (Å²) in [7, 11) is 0. The van der Waals surface area contributed by atoms with Crippen molar-refractivity contribution < 1.29 is 9.59 Å². The van der Waals surface area contributed by atoms with Crippen LogP contribution >= 0.6 is 0 Å². The molecule has 1 saturated heterocycles. The van der Waals surface area contributed by atoms with E-state index in [0.29, 0.717) is 26.1 Å². The number of carbonyl (C=O) groups excluding carboxylic acids is 2. The molecule has 1 heterocycles. The molecule has 3 N–H and O–H groups in total. The smallest absolute Gasteiger partial charge is 0.239 e. The highest BCUT2D eigenvalue weighted by molar-refractivity contribution is 5.91. The lowest BCUT2D eigenvalue weighted by molar-refractivity contribution is -0.120. The maximum atomic E-state index is 12.1. The third-order valence-electron chi connectivity index (χ3n) is 4.37. The molecule has 0 aliphatic carbocycles. The first-order valence-electron chi connectivity index (χ1n) is 8.83. The van der Waals surface area contributed by atoms with Crippen LogP contribution in [-0.2, 0) is 9.59 Å². The fourth-order valence-electron chi connectivity index (χ4n) is 2.92. The molecule has 0 spiro atoms. The van der Waals surface area contributed by atoms with E-state index in [-0.39, 0.29) is 11.8 Å². The summed E-state index contributed by atoms with van der Waals surface area (Å²) in [5.74, 6) is 0.00552. The van der Waals surface area contributed by atoms with Crippen molar-refractivity contribution in [3.63, 3.8) is 0 Å². The normalized spacial score (nSPS) is 13.9. The number of hydrogen-bond donors (Lipinski definition) is 3. The fraction of sp³-hybridized carbons (Fsp3) is 0.300. The number of para-hydroxylation sites is 1. The number of nitrogens with zero attached hydrogens (tertiary/aromatic N) is 1. The largest absolute Gasteiger partial charge is 0.384 e.